The summed E-state index contributed by atoms with van der Waals surface area (Å²) in [5, 5.41) is 2.48. The number of carbonyl (C=O) groups excluding carboxylic acids is 1. The third kappa shape index (κ3) is 5.18. The predicted octanol–water partition coefficient (Wildman–Crippen LogP) is 5.27. The van der Waals surface area contributed by atoms with Crippen LogP contribution in [-0.4, -0.2) is 50.6 Å². The summed E-state index contributed by atoms with van der Waals surface area (Å²) in [5.74, 6) is -0.566. The van der Waals surface area contributed by atoms with Gasteiger partial charge in [-0.15, -0.1) is 0 Å². The summed E-state index contributed by atoms with van der Waals surface area (Å²) in [7, 11) is 2.00. The average molecular weight is 495 g/mol. The molecule has 1 saturated heterocycles. The molecule has 8 heteroatoms. The zero-order valence-corrected chi connectivity index (χ0v) is 20.2. The summed E-state index contributed by atoms with van der Waals surface area (Å²) in [5.41, 5.74) is 3.37. The molecular formula is C28H29F3N4O. The number of carbonyl (C=O) groups is 1. The maximum Gasteiger partial charge on any atom is 0.418 e. The molecule has 0 atom stereocenters. The molecule has 1 N–H and O–H groups in total. The van der Waals surface area contributed by atoms with Gasteiger partial charge in [0.05, 0.1) is 11.3 Å². The molecule has 3 aromatic carbocycles. The number of nitrogens with one attached hydrogen (secondary N) is 1. The van der Waals surface area contributed by atoms with Crippen LogP contribution in [0.4, 0.5) is 30.2 Å². The Morgan fingerprint density at radius 1 is 0.806 bits per heavy atom. The molecule has 2 aliphatic heterocycles. The maximum absolute atomic E-state index is 13.9. The number of likely N-dealkylation sites (N-methyl/N-ethyl adjacent to an activating group) is 1. The van der Waals surface area contributed by atoms with E-state index in [9.17, 15) is 18.0 Å². The number of nitrogens with zero attached hydrogens (tertiary/aromatic N) is 3. The first kappa shape index (κ1) is 24.2. The Hall–Kier alpha value is -3.52. The molecule has 1 amide bonds. The number of anilines is 3. The molecule has 5 nitrogen and oxygen atoms in total. The van der Waals surface area contributed by atoms with Gasteiger partial charge in [-0.3, -0.25) is 4.79 Å². The lowest BCUT2D eigenvalue weighted by molar-refractivity contribution is -0.136. The Morgan fingerprint density at radius 3 is 2.17 bits per heavy atom. The van der Waals surface area contributed by atoms with Crippen molar-refractivity contribution in [3.8, 4) is 0 Å². The van der Waals surface area contributed by atoms with Crippen LogP contribution in [0.3, 0.4) is 0 Å². The lowest BCUT2D eigenvalue weighted by atomic mass is 9.99. The Morgan fingerprint density at radius 2 is 1.47 bits per heavy atom. The minimum Gasteiger partial charge on any atom is -0.369 e. The number of amides is 1. The monoisotopic (exact) mass is 494 g/mol. The van der Waals surface area contributed by atoms with Crippen molar-refractivity contribution < 1.29 is 18.0 Å². The van der Waals surface area contributed by atoms with E-state index in [0.717, 1.165) is 44.4 Å². The highest BCUT2D eigenvalue weighted by molar-refractivity contribution is 6.05. The van der Waals surface area contributed by atoms with Crippen LogP contribution in [0.1, 0.15) is 27.0 Å². The van der Waals surface area contributed by atoms with Crippen molar-refractivity contribution in [1.29, 1.82) is 0 Å². The first-order chi connectivity index (χ1) is 17.3. The first-order valence-electron chi connectivity index (χ1n) is 12.2. The molecule has 188 valence electrons. The van der Waals surface area contributed by atoms with E-state index in [-0.39, 0.29) is 5.69 Å². The summed E-state index contributed by atoms with van der Waals surface area (Å²) in [4.78, 5) is 19.2. The minimum absolute atomic E-state index is 0.234. The number of hydrogen-bond acceptors (Lipinski definition) is 4. The number of alkyl halides is 3. The van der Waals surface area contributed by atoms with E-state index >= 15 is 0 Å². The minimum atomic E-state index is -4.58. The Balaban J connectivity index is 1.30. The zero-order valence-electron chi connectivity index (χ0n) is 20.2. The molecule has 1 fully saturated rings. The highest BCUT2D eigenvalue weighted by atomic mass is 19.4. The molecule has 0 unspecified atom stereocenters. The lowest BCUT2D eigenvalue weighted by Crippen LogP contribution is -2.44. The van der Waals surface area contributed by atoms with E-state index in [1.54, 1.807) is 18.2 Å². The molecule has 0 bridgehead atoms. The summed E-state index contributed by atoms with van der Waals surface area (Å²) < 4.78 is 41.7. The molecular weight excluding hydrogens is 465 g/mol. The van der Waals surface area contributed by atoms with E-state index in [1.807, 2.05) is 36.2 Å². The smallest absolute Gasteiger partial charge is 0.369 e. The molecule has 0 aromatic heterocycles. The molecule has 2 aliphatic rings. The van der Waals surface area contributed by atoms with Gasteiger partial charge in [0, 0.05) is 56.2 Å². The summed E-state index contributed by atoms with van der Waals surface area (Å²) >= 11 is 0. The van der Waals surface area contributed by atoms with E-state index in [0.29, 0.717) is 24.3 Å². The normalized spacial score (nSPS) is 16.6. The van der Waals surface area contributed by atoms with Crippen LogP contribution in [0.25, 0.3) is 0 Å². The number of benzene rings is 3. The maximum atomic E-state index is 13.9. The molecule has 2 heterocycles. The number of piperazine rings is 1. The van der Waals surface area contributed by atoms with Crippen molar-refractivity contribution in [3.63, 3.8) is 0 Å². The van der Waals surface area contributed by atoms with Crippen molar-refractivity contribution in [2.75, 3.05) is 54.9 Å². The van der Waals surface area contributed by atoms with Crippen molar-refractivity contribution in [2.45, 2.75) is 19.1 Å². The predicted molar refractivity (Wildman–Crippen MR) is 137 cm³/mol. The van der Waals surface area contributed by atoms with Gasteiger partial charge in [0.15, 0.2) is 0 Å². The van der Waals surface area contributed by atoms with Crippen molar-refractivity contribution in [3.05, 3.63) is 89.0 Å². The molecule has 36 heavy (non-hydrogen) atoms. The SMILES string of the molecule is CN1CCN(c2ccc(NC(=O)c3ccc(N4CCc5ccccc5C4)cc3)c(C(F)(F)F)c2)CC1. The molecule has 0 radical (unpaired) electrons. The van der Waals surface area contributed by atoms with Crippen LogP contribution < -0.4 is 15.1 Å². The highest BCUT2D eigenvalue weighted by Crippen LogP contribution is 2.38. The topological polar surface area (TPSA) is 38.8 Å². The van der Waals surface area contributed by atoms with Crippen LogP contribution in [-0.2, 0) is 19.1 Å². The number of fused-ring (bicyclic) bond motifs is 1. The van der Waals surface area contributed by atoms with Crippen LogP contribution in [0.5, 0.6) is 0 Å². The van der Waals surface area contributed by atoms with Crippen molar-refractivity contribution >= 4 is 23.0 Å². The van der Waals surface area contributed by atoms with E-state index in [4.69, 9.17) is 0 Å². The summed E-state index contributed by atoms with van der Waals surface area (Å²) in [6.45, 7) is 4.57. The van der Waals surface area contributed by atoms with E-state index in [1.165, 1.54) is 17.2 Å². The van der Waals surface area contributed by atoms with E-state index in [2.05, 4.69) is 27.2 Å². The highest BCUT2D eigenvalue weighted by Gasteiger charge is 2.35. The second-order valence-electron chi connectivity index (χ2n) is 9.46. The van der Waals surface area contributed by atoms with Gasteiger partial charge in [-0.25, -0.2) is 0 Å². The van der Waals surface area contributed by atoms with Crippen LogP contribution in [0, 0.1) is 0 Å². The second-order valence-corrected chi connectivity index (χ2v) is 9.46. The standard InChI is InChI=1S/C28H29F3N4O/c1-33-14-16-34(17-15-33)24-10-11-26(25(18-24)28(29,30)31)32-27(36)21-6-8-23(9-7-21)35-13-12-20-4-2-3-5-22(20)19-35/h2-11,18H,12-17,19H2,1H3,(H,32,36). The zero-order chi connectivity index (χ0) is 25.3. The quantitative estimate of drug-likeness (QED) is 0.536. The molecule has 3 aromatic rings. The van der Waals surface area contributed by atoms with Gasteiger partial charge in [-0.2, -0.15) is 13.2 Å². The summed E-state index contributed by atoms with van der Waals surface area (Å²) in [6.07, 6.45) is -3.64. The van der Waals surface area contributed by atoms with Gasteiger partial charge in [0.1, 0.15) is 0 Å². The Bertz CT molecular complexity index is 1230. The fourth-order valence-corrected chi connectivity index (χ4v) is 4.87. The van der Waals surface area contributed by atoms with Gasteiger partial charge < -0.3 is 20.0 Å². The van der Waals surface area contributed by atoms with Gasteiger partial charge in [0.2, 0.25) is 0 Å². The third-order valence-corrected chi connectivity index (χ3v) is 7.05. The second kappa shape index (κ2) is 9.85. The lowest BCUT2D eigenvalue weighted by Gasteiger charge is -2.34. The number of rotatable bonds is 4. The summed E-state index contributed by atoms with van der Waals surface area (Å²) in [6, 6.07) is 19.5. The van der Waals surface area contributed by atoms with E-state index < -0.39 is 17.6 Å². The third-order valence-electron chi connectivity index (χ3n) is 7.05. The number of hydrogen-bond donors (Lipinski definition) is 1. The van der Waals surface area contributed by atoms with Gasteiger partial charge in [0.25, 0.3) is 5.91 Å². The molecule has 5 rings (SSSR count). The van der Waals surface area contributed by atoms with Crippen LogP contribution >= 0.6 is 0 Å². The number of halogens is 3. The Labute approximate surface area is 209 Å². The van der Waals surface area contributed by atoms with Gasteiger partial charge >= 0.3 is 6.18 Å². The molecule has 0 saturated carbocycles. The largest absolute Gasteiger partial charge is 0.418 e. The van der Waals surface area contributed by atoms with Gasteiger partial charge in [-0.1, -0.05) is 24.3 Å². The van der Waals surface area contributed by atoms with Crippen molar-refractivity contribution in [1.82, 2.24) is 4.90 Å². The fourth-order valence-electron chi connectivity index (χ4n) is 4.87. The van der Waals surface area contributed by atoms with Gasteiger partial charge in [-0.05, 0) is 67.1 Å². The average Bonchev–Trinajstić information content (AvgIpc) is 2.88. The molecule has 0 spiro atoms. The fraction of sp³-hybridized carbons (Fsp3) is 0.321. The van der Waals surface area contributed by atoms with Crippen molar-refractivity contribution in [2.24, 2.45) is 0 Å². The van der Waals surface area contributed by atoms with Crippen LogP contribution in [0.15, 0.2) is 66.7 Å². The Kier molecular flexibility index (Phi) is 6.62. The first-order valence-corrected chi connectivity index (χ1v) is 12.2. The molecule has 0 aliphatic carbocycles. The van der Waals surface area contributed by atoms with Crippen LogP contribution in [0.2, 0.25) is 0 Å².